The summed E-state index contributed by atoms with van der Waals surface area (Å²) in [5, 5.41) is 20.5. The normalized spacial score (nSPS) is 16.0. The topological polar surface area (TPSA) is 146 Å². The number of alkyl halides is 2. The highest BCUT2D eigenvalue weighted by molar-refractivity contribution is 7.89. The first-order valence-corrected chi connectivity index (χ1v) is 16.0. The summed E-state index contributed by atoms with van der Waals surface area (Å²) in [6.45, 7) is 5.50. The number of carbonyl (C=O) groups is 2. The van der Waals surface area contributed by atoms with E-state index in [1.807, 2.05) is 6.92 Å². The predicted octanol–water partition coefficient (Wildman–Crippen LogP) is 2.99. The summed E-state index contributed by atoms with van der Waals surface area (Å²) in [5.74, 6) is -1.38. The van der Waals surface area contributed by atoms with Crippen LogP contribution in [-0.4, -0.2) is 74.4 Å². The molecule has 1 heterocycles. The minimum atomic E-state index is -4.47. The molecule has 4 N–H and O–H groups in total. The van der Waals surface area contributed by atoms with Crippen molar-refractivity contribution in [2.75, 3.05) is 26.7 Å². The molecule has 2 aromatic rings. The molecule has 11 nitrogen and oxygen atoms in total. The average molecular weight is 641 g/mol. The number of nitrogens with zero attached hydrogens (tertiary/aromatic N) is 1. The van der Waals surface area contributed by atoms with Crippen LogP contribution in [0.15, 0.2) is 53.4 Å². The summed E-state index contributed by atoms with van der Waals surface area (Å²) < 4.78 is 65.2. The van der Waals surface area contributed by atoms with Crippen LogP contribution in [0.4, 0.5) is 8.78 Å². The van der Waals surface area contributed by atoms with Crippen LogP contribution in [-0.2, 0) is 26.0 Å². The molecule has 0 aliphatic carbocycles. The largest absolute Gasteiger partial charge is 0.586 e. The van der Waals surface area contributed by atoms with Gasteiger partial charge in [0.2, 0.25) is 21.8 Å². The molecular weight excluding hydrogens is 598 g/mol. The number of nitrogens with one attached hydrogen (secondary N) is 3. The van der Waals surface area contributed by atoms with Crippen molar-refractivity contribution in [2.45, 2.75) is 75.8 Å². The second-order valence-corrected chi connectivity index (χ2v) is 13.2. The molecule has 0 fully saturated rings. The standard InChI is InChI=1S/C30H42F2N4O7S/c1-21(2)20-36(44(40,41)24-13-14-25-26(17-24)43-30(31,32)42-25)29(39,18-23-10-6-5-7-11-23)15-16-34-27(37)12-8-9-22(3)35-28(38)19-33-4/h5-7,10-11,13-14,17,21-22,33,39H,8-9,12,15-16,18-20H2,1-4H3,(H,34,37)(H,35,38). The lowest BCUT2D eigenvalue weighted by Gasteiger charge is -2.40. The van der Waals surface area contributed by atoms with Gasteiger partial charge in [0.15, 0.2) is 11.5 Å². The van der Waals surface area contributed by atoms with Crippen LogP contribution in [0.25, 0.3) is 0 Å². The molecule has 2 unspecified atom stereocenters. The summed E-state index contributed by atoms with van der Waals surface area (Å²) in [6.07, 6.45) is -2.89. The monoisotopic (exact) mass is 640 g/mol. The molecule has 0 aromatic heterocycles. The molecule has 0 saturated heterocycles. The Morgan fingerprint density at radius 3 is 2.39 bits per heavy atom. The van der Waals surface area contributed by atoms with Crippen molar-refractivity contribution in [3.63, 3.8) is 0 Å². The molecule has 14 heteroatoms. The van der Waals surface area contributed by atoms with Crippen LogP contribution < -0.4 is 25.4 Å². The first-order chi connectivity index (χ1) is 20.6. The van der Waals surface area contributed by atoms with Crippen LogP contribution >= 0.6 is 0 Å². The number of hydrogen-bond donors (Lipinski definition) is 4. The molecule has 3 rings (SSSR count). The minimum Gasteiger partial charge on any atom is -0.395 e. The van der Waals surface area contributed by atoms with Gasteiger partial charge in [-0.25, -0.2) is 8.42 Å². The number of sulfonamides is 1. The number of benzene rings is 2. The highest BCUT2D eigenvalue weighted by Crippen LogP contribution is 2.43. The number of hydrogen-bond acceptors (Lipinski definition) is 8. The van der Waals surface area contributed by atoms with Gasteiger partial charge in [0, 0.05) is 44.5 Å². The van der Waals surface area contributed by atoms with Crippen LogP contribution in [0.3, 0.4) is 0 Å². The van der Waals surface area contributed by atoms with E-state index < -0.39 is 27.8 Å². The molecule has 1 aliphatic heterocycles. The Morgan fingerprint density at radius 1 is 1.05 bits per heavy atom. The number of fused-ring (bicyclic) bond motifs is 1. The number of rotatable bonds is 17. The quantitative estimate of drug-likeness (QED) is 0.193. The predicted molar refractivity (Wildman–Crippen MR) is 159 cm³/mol. The van der Waals surface area contributed by atoms with Gasteiger partial charge < -0.3 is 30.5 Å². The van der Waals surface area contributed by atoms with Crippen LogP contribution in [0.2, 0.25) is 0 Å². The molecule has 0 bridgehead atoms. The zero-order valence-corrected chi connectivity index (χ0v) is 26.3. The Morgan fingerprint density at radius 2 is 1.73 bits per heavy atom. The Bertz CT molecular complexity index is 1380. The van der Waals surface area contributed by atoms with Gasteiger partial charge in [-0.3, -0.25) is 9.59 Å². The molecular formula is C30H42F2N4O7S. The number of likely N-dealkylation sites (N-methyl/N-ethyl adjacent to an activating group) is 1. The van der Waals surface area contributed by atoms with E-state index in [4.69, 9.17) is 0 Å². The van der Waals surface area contributed by atoms with E-state index in [9.17, 15) is 31.9 Å². The molecule has 1 aliphatic rings. The zero-order chi connectivity index (χ0) is 32.5. The lowest BCUT2D eigenvalue weighted by molar-refractivity contribution is -0.286. The highest BCUT2D eigenvalue weighted by Gasteiger charge is 2.46. The zero-order valence-electron chi connectivity index (χ0n) is 25.4. The first kappa shape index (κ1) is 35.2. The Kier molecular flexibility index (Phi) is 12.1. The Balaban J connectivity index is 1.78. The van der Waals surface area contributed by atoms with Gasteiger partial charge in [0.1, 0.15) is 5.72 Å². The lowest BCUT2D eigenvalue weighted by atomic mass is 9.98. The fourth-order valence-corrected chi connectivity index (χ4v) is 6.73. The molecule has 0 saturated carbocycles. The van der Waals surface area contributed by atoms with Gasteiger partial charge >= 0.3 is 6.29 Å². The van der Waals surface area contributed by atoms with Gasteiger partial charge in [-0.1, -0.05) is 44.2 Å². The van der Waals surface area contributed by atoms with Crippen LogP contribution in [0.5, 0.6) is 11.5 Å². The van der Waals surface area contributed by atoms with E-state index in [-0.39, 0.29) is 73.3 Å². The molecule has 0 radical (unpaired) electrons. The second kappa shape index (κ2) is 15.1. The summed E-state index contributed by atoms with van der Waals surface area (Å²) in [4.78, 5) is 24.0. The summed E-state index contributed by atoms with van der Waals surface area (Å²) in [5.41, 5.74) is -1.34. The Hall–Kier alpha value is -3.33. The maximum absolute atomic E-state index is 14.0. The molecule has 2 amide bonds. The van der Waals surface area contributed by atoms with Crippen LogP contribution in [0, 0.1) is 5.92 Å². The number of amides is 2. The van der Waals surface area contributed by atoms with E-state index in [1.54, 1.807) is 51.2 Å². The van der Waals surface area contributed by atoms with E-state index in [0.717, 1.165) is 22.5 Å². The van der Waals surface area contributed by atoms with Crippen molar-refractivity contribution >= 4 is 21.8 Å². The fourth-order valence-electron chi connectivity index (χ4n) is 4.88. The fraction of sp³-hybridized carbons (Fsp3) is 0.533. The van der Waals surface area contributed by atoms with Crippen LogP contribution in [0.1, 0.15) is 52.0 Å². The highest BCUT2D eigenvalue weighted by atomic mass is 32.2. The smallest absolute Gasteiger partial charge is 0.395 e. The summed E-state index contributed by atoms with van der Waals surface area (Å²) in [7, 11) is -2.80. The molecule has 44 heavy (non-hydrogen) atoms. The van der Waals surface area contributed by atoms with Gasteiger partial charge in [-0.05, 0) is 50.4 Å². The van der Waals surface area contributed by atoms with Gasteiger partial charge in [-0.2, -0.15) is 4.31 Å². The van der Waals surface area contributed by atoms with E-state index in [1.165, 1.54) is 0 Å². The van der Waals surface area contributed by atoms with E-state index >= 15 is 0 Å². The van der Waals surface area contributed by atoms with Gasteiger partial charge in [0.05, 0.1) is 11.4 Å². The van der Waals surface area contributed by atoms with Gasteiger partial charge in [0.25, 0.3) is 0 Å². The SMILES string of the molecule is CNCC(=O)NC(C)CCCC(=O)NCCC(O)(Cc1ccccc1)N(CC(C)C)S(=O)(=O)c1ccc2c(c1)OC(F)(F)O2. The van der Waals surface area contributed by atoms with Crippen molar-refractivity contribution < 1.29 is 41.4 Å². The first-order valence-electron chi connectivity index (χ1n) is 14.5. The molecule has 244 valence electrons. The van der Waals surface area contributed by atoms with E-state index in [0.29, 0.717) is 18.4 Å². The molecule has 2 atom stereocenters. The van der Waals surface area contributed by atoms with Crippen molar-refractivity contribution in [3.8, 4) is 11.5 Å². The molecule has 2 aromatic carbocycles. The summed E-state index contributed by atoms with van der Waals surface area (Å²) >= 11 is 0. The van der Waals surface area contributed by atoms with Crippen molar-refractivity contribution in [3.05, 3.63) is 54.1 Å². The van der Waals surface area contributed by atoms with Crippen molar-refractivity contribution in [2.24, 2.45) is 5.92 Å². The number of carbonyl (C=O) groups excluding carboxylic acids is 2. The van der Waals surface area contributed by atoms with Crippen molar-refractivity contribution in [1.29, 1.82) is 0 Å². The third-order valence-electron chi connectivity index (χ3n) is 6.92. The number of ether oxygens (including phenoxy) is 2. The number of halogens is 2. The number of aliphatic hydroxyl groups is 1. The Labute approximate surface area is 257 Å². The van der Waals surface area contributed by atoms with E-state index in [2.05, 4.69) is 25.4 Å². The minimum absolute atomic E-state index is 0.0336. The lowest BCUT2D eigenvalue weighted by Crippen LogP contribution is -2.55. The maximum Gasteiger partial charge on any atom is 0.586 e. The average Bonchev–Trinajstić information content (AvgIpc) is 3.25. The summed E-state index contributed by atoms with van der Waals surface area (Å²) in [6, 6.07) is 11.9. The maximum atomic E-state index is 14.0. The van der Waals surface area contributed by atoms with Crippen molar-refractivity contribution in [1.82, 2.24) is 20.3 Å². The molecule has 0 spiro atoms. The van der Waals surface area contributed by atoms with Gasteiger partial charge in [-0.15, -0.1) is 8.78 Å². The third kappa shape index (κ3) is 9.84. The third-order valence-corrected chi connectivity index (χ3v) is 8.84. The second-order valence-electron chi connectivity index (χ2n) is 11.3.